The van der Waals surface area contributed by atoms with E-state index in [9.17, 15) is 31.1 Å². The van der Waals surface area contributed by atoms with E-state index in [1.54, 1.807) is 0 Å². The number of hydrogen-bond donors (Lipinski definition) is 0. The molecule has 0 aliphatic heterocycles. The van der Waals surface area contributed by atoms with Crippen LogP contribution in [0, 0.1) is 0 Å². The quantitative estimate of drug-likeness (QED) is 0.320. The first-order chi connectivity index (χ1) is 13.8. The molecule has 0 amide bonds. The molecule has 0 aliphatic rings. The third-order valence-electron chi connectivity index (χ3n) is 3.84. The molecule has 0 spiro atoms. The van der Waals surface area contributed by atoms with E-state index >= 15 is 0 Å². The van der Waals surface area contributed by atoms with Crippen molar-refractivity contribution >= 4 is 37.6 Å². The third-order valence-corrected chi connectivity index (χ3v) is 4.83. The molecule has 0 heterocycles. The molecule has 0 unspecified atom stereocenters. The van der Waals surface area contributed by atoms with Gasteiger partial charge in [-0.25, -0.2) is 0 Å². The summed E-state index contributed by atoms with van der Waals surface area (Å²) in [6, 6.07) is 7.86. The molecule has 0 aliphatic carbocycles. The minimum atomic E-state index is -4.87. The SMILES string of the molecule is O=C(CCc1cc(Br)ccc1OC(F)(F)F)CCc1cc(Br)ccc1OC(F)(F)F. The second kappa shape index (κ2) is 10.0. The molecule has 3 nitrogen and oxygen atoms in total. The number of ether oxygens (including phenoxy) is 2. The van der Waals surface area contributed by atoms with E-state index < -0.39 is 24.2 Å². The average molecular weight is 564 g/mol. The molecule has 2 rings (SSSR count). The maximum absolute atomic E-state index is 12.5. The van der Waals surface area contributed by atoms with Crippen LogP contribution >= 0.6 is 31.9 Å². The molecule has 0 bridgehead atoms. The van der Waals surface area contributed by atoms with Gasteiger partial charge in [0.2, 0.25) is 0 Å². The minimum absolute atomic E-state index is 0.0198. The Labute approximate surface area is 184 Å². The fourth-order valence-corrected chi connectivity index (χ4v) is 3.43. The van der Waals surface area contributed by atoms with Gasteiger partial charge in [-0.2, -0.15) is 0 Å². The van der Waals surface area contributed by atoms with Gasteiger partial charge in [0.05, 0.1) is 0 Å². The lowest BCUT2D eigenvalue weighted by Crippen LogP contribution is -2.18. The molecule has 0 fully saturated rings. The topological polar surface area (TPSA) is 35.5 Å². The van der Waals surface area contributed by atoms with Gasteiger partial charge in [0.1, 0.15) is 17.3 Å². The standard InChI is InChI=1S/C19H14Br2F6O3/c20-13-3-7-16(29-18(22,23)24)11(9-13)1-5-15(28)6-2-12-10-14(21)4-8-17(12)30-19(25,26)27/h3-4,7-10H,1-2,5-6H2. The van der Waals surface area contributed by atoms with Gasteiger partial charge in [-0.1, -0.05) is 31.9 Å². The van der Waals surface area contributed by atoms with Crippen LogP contribution in [0.1, 0.15) is 24.0 Å². The monoisotopic (exact) mass is 562 g/mol. The van der Waals surface area contributed by atoms with Gasteiger partial charge in [0.15, 0.2) is 0 Å². The second-order valence-corrected chi connectivity index (χ2v) is 7.97. The Kier molecular flexibility index (Phi) is 8.20. The summed E-state index contributed by atoms with van der Waals surface area (Å²) in [6.07, 6.45) is -9.99. The van der Waals surface area contributed by atoms with Crippen molar-refractivity contribution in [2.45, 2.75) is 38.4 Å². The van der Waals surface area contributed by atoms with Crippen LogP contribution in [0.25, 0.3) is 0 Å². The summed E-state index contributed by atoms with van der Waals surface area (Å²) in [5.74, 6) is -1.15. The van der Waals surface area contributed by atoms with Gasteiger partial charge >= 0.3 is 12.7 Å². The molecule has 2 aromatic rings. The van der Waals surface area contributed by atoms with Crippen molar-refractivity contribution in [3.05, 3.63) is 56.5 Å². The van der Waals surface area contributed by atoms with Crippen LogP contribution in [-0.2, 0) is 17.6 Å². The highest BCUT2D eigenvalue weighted by Gasteiger charge is 2.33. The molecule has 0 saturated heterocycles. The van der Waals surface area contributed by atoms with Crippen LogP contribution in [0.5, 0.6) is 11.5 Å². The average Bonchev–Trinajstić information content (AvgIpc) is 2.60. The van der Waals surface area contributed by atoms with Crippen molar-refractivity contribution in [2.24, 2.45) is 0 Å². The van der Waals surface area contributed by atoms with Crippen LogP contribution < -0.4 is 9.47 Å². The van der Waals surface area contributed by atoms with Gasteiger partial charge in [0.25, 0.3) is 0 Å². The summed E-state index contributed by atoms with van der Waals surface area (Å²) in [4.78, 5) is 12.2. The zero-order chi connectivity index (χ0) is 22.5. The molecule has 0 atom stereocenters. The van der Waals surface area contributed by atoms with E-state index in [0.29, 0.717) is 8.95 Å². The van der Waals surface area contributed by atoms with Crippen LogP contribution in [0.2, 0.25) is 0 Å². The Hall–Kier alpha value is -1.75. The smallest absolute Gasteiger partial charge is 0.406 e. The van der Waals surface area contributed by atoms with Crippen molar-refractivity contribution in [1.82, 2.24) is 0 Å². The largest absolute Gasteiger partial charge is 0.573 e. The lowest BCUT2D eigenvalue weighted by Gasteiger charge is -2.14. The Morgan fingerprint density at radius 1 is 0.733 bits per heavy atom. The first kappa shape index (κ1) is 24.5. The number of aryl methyl sites for hydroxylation is 2. The van der Waals surface area contributed by atoms with E-state index in [1.807, 2.05) is 0 Å². The van der Waals surface area contributed by atoms with Crippen LogP contribution in [-0.4, -0.2) is 18.5 Å². The molecular weight excluding hydrogens is 550 g/mol. The normalized spacial score (nSPS) is 12.0. The lowest BCUT2D eigenvalue weighted by atomic mass is 10.0. The molecule has 164 valence electrons. The molecular formula is C19H14Br2F6O3. The van der Waals surface area contributed by atoms with Crippen molar-refractivity contribution in [3.8, 4) is 11.5 Å². The van der Waals surface area contributed by atoms with E-state index in [4.69, 9.17) is 0 Å². The maximum Gasteiger partial charge on any atom is 0.573 e. The molecule has 30 heavy (non-hydrogen) atoms. The highest BCUT2D eigenvalue weighted by molar-refractivity contribution is 9.10. The third kappa shape index (κ3) is 8.55. The predicted molar refractivity (Wildman–Crippen MR) is 103 cm³/mol. The van der Waals surface area contributed by atoms with Gasteiger partial charge in [-0.15, -0.1) is 26.3 Å². The molecule has 11 heteroatoms. The number of carbonyl (C=O) groups excluding carboxylic acids is 1. The predicted octanol–water partition coefficient (Wildman–Crippen LogP) is 7.14. The summed E-state index contributed by atoms with van der Waals surface area (Å²) in [5.41, 5.74) is 0.359. The Bertz CT molecular complexity index is 825. The first-order valence-electron chi connectivity index (χ1n) is 8.42. The highest BCUT2D eigenvalue weighted by Crippen LogP contribution is 2.31. The summed E-state index contributed by atoms with van der Waals surface area (Å²) in [5, 5.41) is 0. The zero-order valence-electron chi connectivity index (χ0n) is 15.0. The summed E-state index contributed by atoms with van der Waals surface area (Å²) >= 11 is 6.30. The van der Waals surface area contributed by atoms with Crippen LogP contribution in [0.4, 0.5) is 26.3 Å². The Balaban J connectivity index is 2.02. The number of alkyl halides is 6. The van der Waals surface area contributed by atoms with E-state index in [-0.39, 0.29) is 42.6 Å². The molecule has 0 saturated carbocycles. The lowest BCUT2D eigenvalue weighted by molar-refractivity contribution is -0.275. The Morgan fingerprint density at radius 3 is 1.43 bits per heavy atom. The van der Waals surface area contributed by atoms with Crippen molar-refractivity contribution in [2.75, 3.05) is 0 Å². The zero-order valence-corrected chi connectivity index (χ0v) is 18.2. The van der Waals surface area contributed by atoms with Crippen LogP contribution in [0.15, 0.2) is 45.3 Å². The fraction of sp³-hybridized carbons (Fsp3) is 0.316. The number of rotatable bonds is 8. The number of ketones is 1. The van der Waals surface area contributed by atoms with Crippen molar-refractivity contribution in [1.29, 1.82) is 0 Å². The molecule has 0 aromatic heterocycles. The van der Waals surface area contributed by atoms with Gasteiger partial charge in [-0.05, 0) is 60.4 Å². The number of benzene rings is 2. The fourth-order valence-electron chi connectivity index (χ4n) is 2.61. The van der Waals surface area contributed by atoms with E-state index in [2.05, 4.69) is 41.3 Å². The number of carbonyl (C=O) groups is 1. The molecule has 0 N–H and O–H groups in total. The van der Waals surface area contributed by atoms with Gasteiger partial charge < -0.3 is 9.47 Å². The van der Waals surface area contributed by atoms with Gasteiger partial charge in [-0.3, -0.25) is 4.79 Å². The van der Waals surface area contributed by atoms with Crippen molar-refractivity contribution in [3.63, 3.8) is 0 Å². The van der Waals surface area contributed by atoms with Crippen molar-refractivity contribution < 1.29 is 40.6 Å². The molecule has 0 radical (unpaired) electrons. The number of hydrogen-bond acceptors (Lipinski definition) is 3. The second-order valence-electron chi connectivity index (χ2n) is 6.14. The number of halogens is 8. The maximum atomic E-state index is 12.5. The minimum Gasteiger partial charge on any atom is -0.406 e. The first-order valence-corrected chi connectivity index (χ1v) is 10.0. The number of Topliss-reactive ketones (excluding diaryl/α,β-unsaturated/α-hetero) is 1. The summed E-state index contributed by atoms with van der Waals surface area (Å²) in [7, 11) is 0. The van der Waals surface area contributed by atoms with Gasteiger partial charge in [0, 0.05) is 21.8 Å². The summed E-state index contributed by atoms with van der Waals surface area (Å²) < 4.78 is 84.1. The van der Waals surface area contributed by atoms with E-state index in [1.165, 1.54) is 24.3 Å². The highest BCUT2D eigenvalue weighted by atomic mass is 79.9. The van der Waals surface area contributed by atoms with Crippen LogP contribution in [0.3, 0.4) is 0 Å². The summed E-state index contributed by atoms with van der Waals surface area (Å²) in [6.45, 7) is 0. The van der Waals surface area contributed by atoms with E-state index in [0.717, 1.165) is 12.1 Å². The molecule has 2 aromatic carbocycles. The Morgan fingerprint density at radius 2 is 1.10 bits per heavy atom.